The zero-order valence-electron chi connectivity index (χ0n) is 12.2. The molecule has 0 bridgehead atoms. The van der Waals surface area contributed by atoms with E-state index in [0.717, 1.165) is 22.3 Å². The topological polar surface area (TPSA) is 55.2 Å². The normalized spacial score (nSPS) is 12.0. The molecule has 0 radical (unpaired) electrons. The Kier molecular flexibility index (Phi) is 4.85. The Balaban J connectivity index is 2.24. The number of sulfonamides is 1. The van der Waals surface area contributed by atoms with Crippen molar-refractivity contribution in [1.82, 2.24) is 14.1 Å². The lowest BCUT2D eigenvalue weighted by molar-refractivity contribution is 0.465. The first-order chi connectivity index (χ1) is 9.86. The maximum atomic E-state index is 12.5. The molecule has 1 heterocycles. The van der Waals surface area contributed by atoms with Crippen LogP contribution in [0.15, 0.2) is 39.8 Å². The summed E-state index contributed by atoms with van der Waals surface area (Å²) in [7, 11) is -1.91. The molecule has 114 valence electrons. The molecule has 0 atom stereocenters. The van der Waals surface area contributed by atoms with Crippen molar-refractivity contribution >= 4 is 26.0 Å². The molecule has 5 nitrogen and oxygen atoms in total. The molecule has 0 aliphatic heterocycles. The van der Waals surface area contributed by atoms with Crippen LogP contribution in [-0.2, 0) is 23.1 Å². The second-order valence-corrected chi connectivity index (χ2v) is 7.75. The Labute approximate surface area is 133 Å². The molecule has 0 saturated carbocycles. The van der Waals surface area contributed by atoms with Crippen molar-refractivity contribution in [2.24, 2.45) is 0 Å². The van der Waals surface area contributed by atoms with E-state index in [0.29, 0.717) is 6.54 Å². The van der Waals surface area contributed by atoms with Crippen LogP contribution in [0.4, 0.5) is 0 Å². The summed E-state index contributed by atoms with van der Waals surface area (Å²) in [6.07, 6.45) is 1.73. The molecule has 21 heavy (non-hydrogen) atoms. The third-order valence-corrected chi connectivity index (χ3v) is 5.77. The lowest BCUT2D eigenvalue weighted by Gasteiger charge is -2.17. The van der Waals surface area contributed by atoms with E-state index in [-0.39, 0.29) is 4.90 Å². The van der Waals surface area contributed by atoms with E-state index in [9.17, 15) is 8.42 Å². The average molecular weight is 372 g/mol. The minimum atomic E-state index is -3.49. The standard InChI is InChI=1S/C14H18BrN3O2S/c1-4-18-11(2)12(9-16-18)10-17(3)21(19,20)14-7-5-13(15)6-8-14/h5-9H,4,10H2,1-3H3. The van der Waals surface area contributed by atoms with E-state index in [1.807, 2.05) is 18.5 Å². The molecule has 0 aliphatic carbocycles. The lowest BCUT2D eigenvalue weighted by Crippen LogP contribution is -2.26. The highest BCUT2D eigenvalue weighted by molar-refractivity contribution is 9.10. The summed E-state index contributed by atoms with van der Waals surface area (Å²) in [5.74, 6) is 0. The van der Waals surface area contributed by atoms with Gasteiger partial charge in [-0.15, -0.1) is 0 Å². The molecular weight excluding hydrogens is 354 g/mol. The van der Waals surface area contributed by atoms with Crippen molar-refractivity contribution in [2.75, 3.05) is 7.05 Å². The summed E-state index contributed by atoms with van der Waals surface area (Å²) in [5.41, 5.74) is 1.91. The van der Waals surface area contributed by atoms with Crippen LogP contribution in [0, 0.1) is 6.92 Å². The highest BCUT2D eigenvalue weighted by Gasteiger charge is 2.22. The third kappa shape index (κ3) is 3.36. The first kappa shape index (κ1) is 16.2. The fraction of sp³-hybridized carbons (Fsp3) is 0.357. The Morgan fingerprint density at radius 2 is 1.90 bits per heavy atom. The number of aromatic nitrogens is 2. The van der Waals surface area contributed by atoms with Gasteiger partial charge in [0.2, 0.25) is 10.0 Å². The number of rotatable bonds is 5. The molecule has 0 spiro atoms. The van der Waals surface area contributed by atoms with Gasteiger partial charge in [0.05, 0.1) is 11.1 Å². The summed E-state index contributed by atoms with van der Waals surface area (Å²) >= 11 is 3.30. The van der Waals surface area contributed by atoms with Gasteiger partial charge < -0.3 is 0 Å². The van der Waals surface area contributed by atoms with Crippen molar-refractivity contribution in [2.45, 2.75) is 31.8 Å². The highest BCUT2D eigenvalue weighted by Crippen LogP contribution is 2.20. The maximum absolute atomic E-state index is 12.5. The third-order valence-electron chi connectivity index (χ3n) is 3.42. The Morgan fingerprint density at radius 1 is 1.29 bits per heavy atom. The van der Waals surface area contributed by atoms with Gasteiger partial charge in [0.15, 0.2) is 0 Å². The van der Waals surface area contributed by atoms with Crippen LogP contribution >= 0.6 is 15.9 Å². The van der Waals surface area contributed by atoms with E-state index in [4.69, 9.17) is 0 Å². The summed E-state index contributed by atoms with van der Waals surface area (Å²) in [6, 6.07) is 6.64. The second kappa shape index (κ2) is 6.29. The van der Waals surface area contributed by atoms with Crippen molar-refractivity contribution in [3.05, 3.63) is 46.2 Å². The highest BCUT2D eigenvalue weighted by atomic mass is 79.9. The Hall–Kier alpha value is -1.18. The fourth-order valence-electron chi connectivity index (χ4n) is 2.07. The monoisotopic (exact) mass is 371 g/mol. The zero-order valence-corrected chi connectivity index (χ0v) is 14.6. The fourth-order valence-corrected chi connectivity index (χ4v) is 3.48. The predicted octanol–water partition coefficient (Wildman–Crippen LogP) is 2.79. The Bertz CT molecular complexity index is 723. The van der Waals surface area contributed by atoms with Crippen LogP contribution in [0.1, 0.15) is 18.2 Å². The summed E-state index contributed by atoms with van der Waals surface area (Å²) in [4.78, 5) is 0.286. The van der Waals surface area contributed by atoms with Crippen LogP contribution in [0.2, 0.25) is 0 Å². The minimum Gasteiger partial charge on any atom is -0.270 e. The Morgan fingerprint density at radius 3 is 2.43 bits per heavy atom. The van der Waals surface area contributed by atoms with E-state index in [1.165, 1.54) is 4.31 Å². The van der Waals surface area contributed by atoms with E-state index < -0.39 is 10.0 Å². The molecule has 7 heteroatoms. The predicted molar refractivity (Wildman–Crippen MR) is 85.4 cm³/mol. The van der Waals surface area contributed by atoms with Crippen LogP contribution < -0.4 is 0 Å². The average Bonchev–Trinajstić information content (AvgIpc) is 2.80. The molecule has 0 aliphatic rings. The van der Waals surface area contributed by atoms with Gasteiger partial charge in [-0.05, 0) is 38.1 Å². The smallest absolute Gasteiger partial charge is 0.243 e. The lowest BCUT2D eigenvalue weighted by atomic mass is 10.2. The second-order valence-electron chi connectivity index (χ2n) is 4.79. The minimum absolute atomic E-state index is 0.286. The van der Waals surface area contributed by atoms with Gasteiger partial charge in [0.1, 0.15) is 0 Å². The number of nitrogens with zero attached hydrogens (tertiary/aromatic N) is 3. The van der Waals surface area contributed by atoms with Crippen LogP contribution in [0.5, 0.6) is 0 Å². The molecule has 0 amide bonds. The molecule has 2 aromatic rings. The van der Waals surface area contributed by atoms with Gasteiger partial charge >= 0.3 is 0 Å². The molecule has 1 aromatic carbocycles. The number of hydrogen-bond donors (Lipinski definition) is 0. The molecule has 1 aromatic heterocycles. The van der Waals surface area contributed by atoms with Gasteiger partial charge in [0, 0.05) is 35.9 Å². The SMILES string of the molecule is CCn1ncc(CN(C)S(=O)(=O)c2ccc(Br)cc2)c1C. The maximum Gasteiger partial charge on any atom is 0.243 e. The van der Waals surface area contributed by atoms with Crippen molar-refractivity contribution in [3.63, 3.8) is 0 Å². The quantitative estimate of drug-likeness (QED) is 0.811. The molecule has 0 fully saturated rings. The number of benzene rings is 1. The first-order valence-electron chi connectivity index (χ1n) is 6.59. The largest absolute Gasteiger partial charge is 0.270 e. The zero-order chi connectivity index (χ0) is 15.6. The van der Waals surface area contributed by atoms with Crippen molar-refractivity contribution in [3.8, 4) is 0 Å². The summed E-state index contributed by atoms with van der Waals surface area (Å²) < 4.78 is 29.1. The molecule has 0 unspecified atom stereocenters. The van der Waals surface area contributed by atoms with Crippen LogP contribution in [0.25, 0.3) is 0 Å². The van der Waals surface area contributed by atoms with Gasteiger partial charge in [-0.1, -0.05) is 15.9 Å². The van der Waals surface area contributed by atoms with Gasteiger partial charge in [-0.25, -0.2) is 8.42 Å². The molecule has 0 saturated heterocycles. The van der Waals surface area contributed by atoms with E-state index in [1.54, 1.807) is 37.5 Å². The number of hydrogen-bond acceptors (Lipinski definition) is 3. The summed E-state index contributed by atoms with van der Waals surface area (Å²) in [6.45, 7) is 5.04. The van der Waals surface area contributed by atoms with Gasteiger partial charge in [-0.3, -0.25) is 4.68 Å². The molecular formula is C14H18BrN3O2S. The van der Waals surface area contributed by atoms with Crippen LogP contribution in [0.3, 0.4) is 0 Å². The molecule has 2 rings (SSSR count). The first-order valence-corrected chi connectivity index (χ1v) is 8.82. The van der Waals surface area contributed by atoms with Gasteiger partial charge in [-0.2, -0.15) is 9.40 Å². The molecule has 0 N–H and O–H groups in total. The van der Waals surface area contributed by atoms with Crippen LogP contribution in [-0.4, -0.2) is 29.6 Å². The van der Waals surface area contributed by atoms with Crippen molar-refractivity contribution < 1.29 is 8.42 Å². The van der Waals surface area contributed by atoms with Crippen molar-refractivity contribution in [1.29, 1.82) is 0 Å². The number of halogens is 1. The summed E-state index contributed by atoms with van der Waals surface area (Å²) in [5, 5.41) is 4.24. The van der Waals surface area contributed by atoms with E-state index >= 15 is 0 Å². The van der Waals surface area contributed by atoms with Gasteiger partial charge in [0.25, 0.3) is 0 Å². The number of aryl methyl sites for hydroxylation is 1. The van der Waals surface area contributed by atoms with E-state index in [2.05, 4.69) is 21.0 Å².